The van der Waals surface area contributed by atoms with Crippen molar-refractivity contribution in [2.75, 3.05) is 0 Å². The minimum absolute atomic E-state index is 0.112. The lowest BCUT2D eigenvalue weighted by Gasteiger charge is -2.01. The van der Waals surface area contributed by atoms with Crippen LogP contribution in [0.5, 0.6) is 0 Å². The maximum absolute atomic E-state index is 10.4. The highest BCUT2D eigenvalue weighted by Gasteiger charge is 2.11. The first kappa shape index (κ1) is 13.3. The zero-order valence-corrected chi connectivity index (χ0v) is 11.0. The van der Waals surface area contributed by atoms with Crippen LogP contribution in [0.15, 0.2) is 22.7 Å². The van der Waals surface area contributed by atoms with E-state index in [1.807, 2.05) is 32.0 Å². The molecular weight excluding hydrogens is 244 g/mol. The van der Waals surface area contributed by atoms with Crippen LogP contribution in [-0.4, -0.2) is 21.2 Å². The lowest BCUT2D eigenvalue weighted by atomic mass is 10.1. The maximum atomic E-state index is 10.4. The van der Waals surface area contributed by atoms with E-state index in [4.69, 9.17) is 9.63 Å². The summed E-state index contributed by atoms with van der Waals surface area (Å²) in [7, 11) is 0. The molecule has 0 radical (unpaired) electrons. The molecular formula is C14H16N2O3. The van der Waals surface area contributed by atoms with E-state index in [0.29, 0.717) is 24.6 Å². The molecule has 5 nitrogen and oxygen atoms in total. The van der Waals surface area contributed by atoms with Gasteiger partial charge < -0.3 is 9.63 Å². The summed E-state index contributed by atoms with van der Waals surface area (Å²) in [6, 6.07) is 6.07. The number of rotatable bonds is 5. The third-order valence-corrected chi connectivity index (χ3v) is 2.88. The highest BCUT2D eigenvalue weighted by atomic mass is 16.5. The average molecular weight is 260 g/mol. The Morgan fingerprint density at radius 3 is 2.89 bits per heavy atom. The van der Waals surface area contributed by atoms with E-state index >= 15 is 0 Å². The number of aliphatic carboxylic acids is 1. The number of carboxylic acid groups (broad SMARTS) is 1. The molecule has 0 spiro atoms. The molecule has 1 aromatic heterocycles. The molecule has 0 saturated heterocycles. The first-order chi connectivity index (χ1) is 9.06. The van der Waals surface area contributed by atoms with Gasteiger partial charge in [-0.3, -0.25) is 4.79 Å². The van der Waals surface area contributed by atoms with Gasteiger partial charge in [-0.15, -0.1) is 0 Å². The van der Waals surface area contributed by atoms with Gasteiger partial charge in [-0.1, -0.05) is 22.9 Å². The molecule has 0 atom stereocenters. The average Bonchev–Trinajstić information content (AvgIpc) is 2.80. The predicted octanol–water partition coefficient (Wildman–Crippen LogP) is 2.76. The smallest absolute Gasteiger partial charge is 0.303 e. The second kappa shape index (κ2) is 5.65. The zero-order valence-electron chi connectivity index (χ0n) is 11.0. The molecule has 100 valence electrons. The number of aryl methyl sites for hydroxylation is 3. The molecule has 0 bridgehead atoms. The van der Waals surface area contributed by atoms with Crippen LogP contribution in [0, 0.1) is 13.8 Å². The minimum Gasteiger partial charge on any atom is -0.481 e. The quantitative estimate of drug-likeness (QED) is 0.894. The van der Waals surface area contributed by atoms with Crippen LogP contribution in [0.25, 0.3) is 11.4 Å². The van der Waals surface area contributed by atoms with E-state index in [9.17, 15) is 4.79 Å². The van der Waals surface area contributed by atoms with Crippen LogP contribution >= 0.6 is 0 Å². The van der Waals surface area contributed by atoms with Gasteiger partial charge in [0.1, 0.15) is 0 Å². The second-order valence-electron chi connectivity index (χ2n) is 4.58. The van der Waals surface area contributed by atoms with Gasteiger partial charge in [-0.25, -0.2) is 0 Å². The number of nitrogens with zero attached hydrogens (tertiary/aromatic N) is 2. The van der Waals surface area contributed by atoms with Crippen molar-refractivity contribution < 1.29 is 14.4 Å². The van der Waals surface area contributed by atoms with Gasteiger partial charge in [0.2, 0.25) is 11.7 Å². The van der Waals surface area contributed by atoms with Gasteiger partial charge in [0.05, 0.1) is 0 Å². The molecule has 0 saturated carbocycles. The van der Waals surface area contributed by atoms with Crippen LogP contribution in [0.3, 0.4) is 0 Å². The summed E-state index contributed by atoms with van der Waals surface area (Å²) in [4.78, 5) is 14.7. The highest BCUT2D eigenvalue weighted by Crippen LogP contribution is 2.22. The predicted molar refractivity (Wildman–Crippen MR) is 69.8 cm³/mol. The molecule has 1 aromatic carbocycles. The van der Waals surface area contributed by atoms with Crippen LogP contribution in [0.4, 0.5) is 0 Å². The summed E-state index contributed by atoms with van der Waals surface area (Å²) in [5.74, 6) is 0.234. The highest BCUT2D eigenvalue weighted by molar-refractivity contribution is 5.66. The van der Waals surface area contributed by atoms with Gasteiger partial charge >= 0.3 is 5.97 Å². The summed E-state index contributed by atoms with van der Waals surface area (Å²) < 4.78 is 5.14. The Labute approximate surface area is 111 Å². The van der Waals surface area contributed by atoms with Gasteiger partial charge in [-0.05, 0) is 31.9 Å². The lowest BCUT2D eigenvalue weighted by molar-refractivity contribution is -0.137. The molecule has 19 heavy (non-hydrogen) atoms. The van der Waals surface area contributed by atoms with Crippen LogP contribution < -0.4 is 0 Å². The fourth-order valence-electron chi connectivity index (χ4n) is 1.83. The number of hydrogen-bond acceptors (Lipinski definition) is 4. The third kappa shape index (κ3) is 3.40. The SMILES string of the molecule is Cc1ccc(C)c(-c2noc(CCCC(=O)O)n2)c1. The molecule has 0 amide bonds. The molecule has 2 rings (SSSR count). The molecule has 2 aromatic rings. The molecule has 0 unspecified atom stereocenters. The maximum Gasteiger partial charge on any atom is 0.303 e. The molecule has 0 aliphatic heterocycles. The Balaban J connectivity index is 2.12. The van der Waals surface area contributed by atoms with Crippen molar-refractivity contribution in [1.82, 2.24) is 10.1 Å². The van der Waals surface area contributed by atoms with Crippen LogP contribution in [-0.2, 0) is 11.2 Å². The van der Waals surface area contributed by atoms with E-state index in [-0.39, 0.29) is 6.42 Å². The van der Waals surface area contributed by atoms with Crippen LogP contribution in [0.1, 0.15) is 29.9 Å². The third-order valence-electron chi connectivity index (χ3n) is 2.88. The molecule has 1 heterocycles. The Hall–Kier alpha value is -2.17. The van der Waals surface area contributed by atoms with Crippen molar-refractivity contribution in [2.45, 2.75) is 33.1 Å². The van der Waals surface area contributed by atoms with Crippen molar-refractivity contribution in [3.8, 4) is 11.4 Å². The number of hydrogen-bond donors (Lipinski definition) is 1. The Morgan fingerprint density at radius 2 is 2.16 bits per heavy atom. The molecule has 0 aliphatic carbocycles. The van der Waals surface area contributed by atoms with Crippen molar-refractivity contribution in [3.63, 3.8) is 0 Å². The Bertz CT molecular complexity index is 590. The van der Waals surface area contributed by atoms with E-state index in [0.717, 1.165) is 16.7 Å². The minimum atomic E-state index is -0.811. The van der Waals surface area contributed by atoms with Gasteiger partial charge in [0.25, 0.3) is 0 Å². The summed E-state index contributed by atoms with van der Waals surface area (Å²) in [6.07, 6.45) is 1.11. The standard InChI is InChI=1S/C14H16N2O3/c1-9-6-7-10(2)11(8-9)14-15-12(19-16-14)4-3-5-13(17)18/h6-8H,3-5H2,1-2H3,(H,17,18). The van der Waals surface area contributed by atoms with Crippen molar-refractivity contribution in [2.24, 2.45) is 0 Å². The van der Waals surface area contributed by atoms with E-state index in [2.05, 4.69) is 10.1 Å². The first-order valence-electron chi connectivity index (χ1n) is 6.18. The van der Waals surface area contributed by atoms with Crippen molar-refractivity contribution >= 4 is 5.97 Å². The fraction of sp³-hybridized carbons (Fsp3) is 0.357. The number of benzene rings is 1. The fourth-order valence-corrected chi connectivity index (χ4v) is 1.83. The van der Waals surface area contributed by atoms with E-state index < -0.39 is 5.97 Å². The zero-order chi connectivity index (χ0) is 13.8. The summed E-state index contributed by atoms with van der Waals surface area (Å²) in [5, 5.41) is 12.5. The lowest BCUT2D eigenvalue weighted by Crippen LogP contribution is -1.96. The summed E-state index contributed by atoms with van der Waals surface area (Å²) in [6.45, 7) is 4.01. The van der Waals surface area contributed by atoms with Crippen molar-refractivity contribution in [3.05, 3.63) is 35.2 Å². The summed E-state index contributed by atoms with van der Waals surface area (Å²) >= 11 is 0. The van der Waals surface area contributed by atoms with Gasteiger partial charge in [-0.2, -0.15) is 4.98 Å². The Morgan fingerprint density at radius 1 is 1.37 bits per heavy atom. The first-order valence-corrected chi connectivity index (χ1v) is 6.18. The largest absolute Gasteiger partial charge is 0.481 e. The second-order valence-corrected chi connectivity index (χ2v) is 4.58. The summed E-state index contributed by atoms with van der Waals surface area (Å²) in [5.41, 5.74) is 3.18. The van der Waals surface area contributed by atoms with Crippen molar-refractivity contribution in [1.29, 1.82) is 0 Å². The van der Waals surface area contributed by atoms with Gasteiger partial charge in [0.15, 0.2) is 0 Å². The molecule has 0 aliphatic rings. The number of aromatic nitrogens is 2. The number of carbonyl (C=O) groups is 1. The molecule has 5 heteroatoms. The normalized spacial score (nSPS) is 10.6. The van der Waals surface area contributed by atoms with E-state index in [1.165, 1.54) is 0 Å². The number of carboxylic acids is 1. The monoisotopic (exact) mass is 260 g/mol. The van der Waals surface area contributed by atoms with Crippen LogP contribution in [0.2, 0.25) is 0 Å². The Kier molecular flexibility index (Phi) is 3.94. The molecule has 0 fully saturated rings. The van der Waals surface area contributed by atoms with Gasteiger partial charge in [0, 0.05) is 18.4 Å². The topological polar surface area (TPSA) is 76.2 Å². The molecule has 1 N–H and O–H groups in total. The van der Waals surface area contributed by atoms with E-state index in [1.54, 1.807) is 0 Å².